The standard InChI is InChI=1S/C8H17NO2S/c1-6(10)7(2)12-5-4-9-8(3)11/h6-7,10H,4-5H2,1-3H3,(H,9,11). The minimum Gasteiger partial charge on any atom is -0.392 e. The van der Waals surface area contributed by atoms with Gasteiger partial charge in [-0.05, 0) is 6.92 Å². The van der Waals surface area contributed by atoms with Crippen molar-refractivity contribution >= 4 is 17.7 Å². The number of amides is 1. The molecule has 0 radical (unpaired) electrons. The Morgan fingerprint density at radius 2 is 2.17 bits per heavy atom. The highest BCUT2D eigenvalue weighted by Crippen LogP contribution is 2.12. The largest absolute Gasteiger partial charge is 0.392 e. The molecule has 2 N–H and O–H groups in total. The summed E-state index contributed by atoms with van der Waals surface area (Å²) in [5.41, 5.74) is 0. The lowest BCUT2D eigenvalue weighted by atomic mass is 10.3. The van der Waals surface area contributed by atoms with E-state index in [2.05, 4.69) is 5.32 Å². The Hall–Kier alpha value is -0.220. The summed E-state index contributed by atoms with van der Waals surface area (Å²) in [6.07, 6.45) is -0.285. The van der Waals surface area contributed by atoms with Gasteiger partial charge in [0.05, 0.1) is 6.10 Å². The Morgan fingerprint density at radius 3 is 2.58 bits per heavy atom. The number of carbonyl (C=O) groups is 1. The molecule has 0 heterocycles. The van der Waals surface area contributed by atoms with Crippen LogP contribution >= 0.6 is 11.8 Å². The number of nitrogens with one attached hydrogen (secondary N) is 1. The van der Waals surface area contributed by atoms with Gasteiger partial charge >= 0.3 is 0 Å². The van der Waals surface area contributed by atoms with Crippen molar-refractivity contribution in [1.29, 1.82) is 0 Å². The molecule has 0 bridgehead atoms. The van der Waals surface area contributed by atoms with Gasteiger partial charge in [-0.1, -0.05) is 6.92 Å². The maximum absolute atomic E-state index is 10.5. The lowest BCUT2D eigenvalue weighted by Crippen LogP contribution is -2.24. The van der Waals surface area contributed by atoms with Crippen LogP contribution in [0.25, 0.3) is 0 Å². The van der Waals surface area contributed by atoms with Crippen LogP contribution in [-0.2, 0) is 4.79 Å². The smallest absolute Gasteiger partial charge is 0.216 e. The number of hydrogen-bond acceptors (Lipinski definition) is 3. The zero-order chi connectivity index (χ0) is 9.56. The van der Waals surface area contributed by atoms with E-state index in [0.717, 1.165) is 5.75 Å². The van der Waals surface area contributed by atoms with Crippen molar-refractivity contribution in [2.75, 3.05) is 12.3 Å². The van der Waals surface area contributed by atoms with Crippen molar-refractivity contribution in [2.45, 2.75) is 32.1 Å². The van der Waals surface area contributed by atoms with E-state index in [4.69, 9.17) is 5.11 Å². The lowest BCUT2D eigenvalue weighted by molar-refractivity contribution is -0.118. The van der Waals surface area contributed by atoms with Gasteiger partial charge in [-0.15, -0.1) is 0 Å². The molecule has 0 spiro atoms. The van der Waals surface area contributed by atoms with Crippen LogP contribution in [0.2, 0.25) is 0 Å². The van der Waals surface area contributed by atoms with Crippen LogP contribution < -0.4 is 5.32 Å². The van der Waals surface area contributed by atoms with Crippen molar-refractivity contribution in [1.82, 2.24) is 5.32 Å². The van der Waals surface area contributed by atoms with Gasteiger partial charge < -0.3 is 10.4 Å². The van der Waals surface area contributed by atoms with E-state index in [-0.39, 0.29) is 17.3 Å². The Morgan fingerprint density at radius 1 is 1.58 bits per heavy atom. The van der Waals surface area contributed by atoms with E-state index in [1.165, 1.54) is 6.92 Å². The molecule has 0 saturated carbocycles. The van der Waals surface area contributed by atoms with E-state index in [1.807, 2.05) is 6.92 Å². The molecule has 0 aliphatic rings. The zero-order valence-electron chi connectivity index (χ0n) is 7.83. The van der Waals surface area contributed by atoms with E-state index in [1.54, 1.807) is 18.7 Å². The number of aliphatic hydroxyl groups is 1. The van der Waals surface area contributed by atoms with Crippen LogP contribution in [0.1, 0.15) is 20.8 Å². The van der Waals surface area contributed by atoms with Gasteiger partial charge in [0.15, 0.2) is 0 Å². The summed E-state index contributed by atoms with van der Waals surface area (Å²) in [6.45, 7) is 5.93. The van der Waals surface area contributed by atoms with E-state index in [9.17, 15) is 4.79 Å². The summed E-state index contributed by atoms with van der Waals surface area (Å²) < 4.78 is 0. The maximum Gasteiger partial charge on any atom is 0.216 e. The van der Waals surface area contributed by atoms with Crippen molar-refractivity contribution < 1.29 is 9.90 Å². The zero-order valence-corrected chi connectivity index (χ0v) is 8.65. The predicted molar refractivity (Wildman–Crippen MR) is 52.3 cm³/mol. The maximum atomic E-state index is 10.5. The average molecular weight is 191 g/mol. The summed E-state index contributed by atoms with van der Waals surface area (Å²) in [5, 5.41) is 12.1. The minimum absolute atomic E-state index is 0.000278. The second-order valence-electron chi connectivity index (χ2n) is 2.80. The molecule has 2 atom stereocenters. The minimum atomic E-state index is -0.285. The molecular formula is C8H17NO2S. The Balaban J connectivity index is 3.25. The van der Waals surface area contributed by atoms with Crippen LogP contribution in [0.3, 0.4) is 0 Å². The third-order valence-corrected chi connectivity index (χ3v) is 2.90. The number of aliphatic hydroxyl groups excluding tert-OH is 1. The van der Waals surface area contributed by atoms with Gasteiger partial charge in [-0.3, -0.25) is 4.79 Å². The quantitative estimate of drug-likeness (QED) is 0.626. The normalized spacial score (nSPS) is 15.3. The number of thioether (sulfide) groups is 1. The van der Waals surface area contributed by atoms with E-state index >= 15 is 0 Å². The van der Waals surface area contributed by atoms with Gasteiger partial charge in [0.2, 0.25) is 5.91 Å². The molecule has 4 heteroatoms. The molecule has 0 fully saturated rings. The predicted octanol–water partition coefficient (Wildman–Crippen LogP) is 0.625. The fraction of sp³-hybridized carbons (Fsp3) is 0.875. The highest BCUT2D eigenvalue weighted by molar-refractivity contribution is 7.99. The van der Waals surface area contributed by atoms with E-state index in [0.29, 0.717) is 6.54 Å². The first-order valence-corrected chi connectivity index (χ1v) is 5.13. The van der Waals surface area contributed by atoms with Gasteiger partial charge in [0.25, 0.3) is 0 Å². The topological polar surface area (TPSA) is 49.3 Å². The second kappa shape index (κ2) is 6.31. The van der Waals surface area contributed by atoms with Gasteiger partial charge in [-0.25, -0.2) is 0 Å². The molecule has 1 amide bonds. The molecule has 0 aromatic heterocycles. The molecule has 0 aliphatic carbocycles. The summed E-state index contributed by atoms with van der Waals surface area (Å²) in [7, 11) is 0. The third-order valence-electron chi connectivity index (χ3n) is 1.54. The summed E-state index contributed by atoms with van der Waals surface area (Å²) in [5.74, 6) is 0.853. The average Bonchev–Trinajstić information content (AvgIpc) is 1.97. The molecule has 0 aromatic carbocycles. The number of carbonyl (C=O) groups excluding carboxylic acids is 1. The molecule has 2 unspecified atom stereocenters. The summed E-state index contributed by atoms with van der Waals surface area (Å²) in [4.78, 5) is 10.5. The molecule has 3 nitrogen and oxygen atoms in total. The van der Waals surface area contributed by atoms with Crippen molar-refractivity contribution in [3.63, 3.8) is 0 Å². The van der Waals surface area contributed by atoms with Crippen molar-refractivity contribution in [3.8, 4) is 0 Å². The highest BCUT2D eigenvalue weighted by Gasteiger charge is 2.07. The molecule has 0 saturated heterocycles. The first-order chi connectivity index (χ1) is 5.54. The van der Waals surface area contributed by atoms with Gasteiger partial charge in [-0.2, -0.15) is 11.8 Å². The van der Waals surface area contributed by atoms with Gasteiger partial charge in [0, 0.05) is 24.5 Å². The fourth-order valence-corrected chi connectivity index (χ4v) is 1.48. The Labute approximate surface area is 77.9 Å². The lowest BCUT2D eigenvalue weighted by Gasteiger charge is -2.13. The van der Waals surface area contributed by atoms with Crippen LogP contribution in [0.4, 0.5) is 0 Å². The first-order valence-electron chi connectivity index (χ1n) is 4.08. The van der Waals surface area contributed by atoms with Crippen LogP contribution in [0.5, 0.6) is 0 Å². The van der Waals surface area contributed by atoms with Crippen LogP contribution in [0, 0.1) is 0 Å². The van der Waals surface area contributed by atoms with Crippen LogP contribution in [-0.4, -0.2) is 34.7 Å². The highest BCUT2D eigenvalue weighted by atomic mass is 32.2. The molecule has 12 heavy (non-hydrogen) atoms. The molecule has 72 valence electrons. The number of hydrogen-bond donors (Lipinski definition) is 2. The van der Waals surface area contributed by atoms with Gasteiger partial charge in [0.1, 0.15) is 0 Å². The SMILES string of the molecule is CC(=O)NCCSC(C)C(C)O. The summed E-state index contributed by atoms with van der Waals surface area (Å²) >= 11 is 1.66. The Kier molecular flexibility index (Phi) is 6.20. The fourth-order valence-electron chi connectivity index (χ4n) is 0.611. The molecule has 0 rings (SSSR count). The summed E-state index contributed by atoms with van der Waals surface area (Å²) in [6, 6.07) is 0. The van der Waals surface area contributed by atoms with Crippen LogP contribution in [0.15, 0.2) is 0 Å². The molecule has 0 aromatic rings. The Bertz CT molecular complexity index is 139. The first kappa shape index (κ1) is 11.8. The van der Waals surface area contributed by atoms with E-state index < -0.39 is 0 Å². The second-order valence-corrected chi connectivity index (χ2v) is 4.28. The molecular weight excluding hydrogens is 174 g/mol. The van der Waals surface area contributed by atoms with Crippen molar-refractivity contribution in [2.24, 2.45) is 0 Å². The monoisotopic (exact) mass is 191 g/mol. The van der Waals surface area contributed by atoms with Crippen molar-refractivity contribution in [3.05, 3.63) is 0 Å². The molecule has 0 aliphatic heterocycles. The number of rotatable bonds is 5. The third kappa shape index (κ3) is 6.49.